The number of carbonyl (C=O) groups is 1. The highest BCUT2D eigenvalue weighted by Crippen LogP contribution is 2.15. The zero-order valence-electron chi connectivity index (χ0n) is 10.1. The Hall–Kier alpha value is -0.830. The number of nitrogens with zero attached hydrogens (tertiary/aromatic N) is 2. The van der Waals surface area contributed by atoms with Crippen LogP contribution in [0.15, 0.2) is 12.2 Å². The molecule has 0 aromatic heterocycles. The van der Waals surface area contributed by atoms with Gasteiger partial charge in [-0.1, -0.05) is 13.0 Å². The van der Waals surface area contributed by atoms with Crippen molar-refractivity contribution in [1.82, 2.24) is 9.80 Å². The Morgan fingerprint density at radius 3 is 2.87 bits per heavy atom. The van der Waals surface area contributed by atoms with Crippen molar-refractivity contribution in [1.29, 1.82) is 0 Å². The number of rotatable bonds is 3. The zero-order chi connectivity index (χ0) is 11.3. The molecule has 0 saturated carbocycles. The first-order valence-corrected chi connectivity index (χ1v) is 5.69. The van der Waals surface area contributed by atoms with Crippen LogP contribution in [-0.4, -0.2) is 49.4 Å². The highest BCUT2D eigenvalue weighted by atomic mass is 16.2. The van der Waals surface area contributed by atoms with Crippen molar-refractivity contribution in [3.8, 4) is 0 Å². The van der Waals surface area contributed by atoms with Gasteiger partial charge in [-0.25, -0.2) is 0 Å². The van der Waals surface area contributed by atoms with E-state index in [0.717, 1.165) is 26.1 Å². The number of carbonyl (C=O) groups excluding carboxylic acids is 1. The molecular weight excluding hydrogens is 188 g/mol. The Morgan fingerprint density at radius 1 is 1.53 bits per heavy atom. The lowest BCUT2D eigenvalue weighted by atomic mass is 10.0. The molecule has 0 N–H and O–H groups in total. The van der Waals surface area contributed by atoms with Crippen LogP contribution in [0.4, 0.5) is 0 Å². The molecule has 86 valence electrons. The van der Waals surface area contributed by atoms with Crippen molar-refractivity contribution in [3.05, 3.63) is 12.2 Å². The molecule has 1 aliphatic heterocycles. The molecule has 1 fully saturated rings. The van der Waals surface area contributed by atoms with E-state index in [1.165, 1.54) is 6.42 Å². The monoisotopic (exact) mass is 210 g/mol. The first-order chi connectivity index (χ1) is 7.09. The topological polar surface area (TPSA) is 23.6 Å². The van der Waals surface area contributed by atoms with E-state index in [1.807, 2.05) is 30.0 Å². The second-order valence-electron chi connectivity index (χ2n) is 4.70. The molecule has 1 atom stereocenters. The molecule has 0 unspecified atom stereocenters. The Bertz CT molecular complexity index is 236. The van der Waals surface area contributed by atoms with Crippen LogP contribution in [0.2, 0.25) is 0 Å². The van der Waals surface area contributed by atoms with Gasteiger partial charge in [-0.05, 0) is 32.9 Å². The molecule has 1 heterocycles. The van der Waals surface area contributed by atoms with Gasteiger partial charge in [0.15, 0.2) is 0 Å². The largest absolute Gasteiger partial charge is 0.339 e. The molecule has 0 aliphatic carbocycles. The second kappa shape index (κ2) is 5.91. The summed E-state index contributed by atoms with van der Waals surface area (Å²) in [6, 6.07) is 0. The van der Waals surface area contributed by atoms with E-state index in [4.69, 9.17) is 0 Å². The minimum atomic E-state index is 0.170. The normalized spacial score (nSPS) is 22.7. The minimum Gasteiger partial charge on any atom is -0.339 e. The van der Waals surface area contributed by atoms with Crippen LogP contribution < -0.4 is 0 Å². The van der Waals surface area contributed by atoms with Gasteiger partial charge < -0.3 is 9.80 Å². The first-order valence-electron chi connectivity index (χ1n) is 5.69. The van der Waals surface area contributed by atoms with Crippen molar-refractivity contribution in [2.24, 2.45) is 5.92 Å². The average Bonchev–Trinajstić information content (AvgIpc) is 2.17. The maximum atomic E-state index is 11.7. The fourth-order valence-corrected chi connectivity index (χ4v) is 1.86. The van der Waals surface area contributed by atoms with Gasteiger partial charge >= 0.3 is 0 Å². The summed E-state index contributed by atoms with van der Waals surface area (Å²) in [5.74, 6) is 0.827. The van der Waals surface area contributed by atoms with Crippen molar-refractivity contribution < 1.29 is 4.79 Å². The van der Waals surface area contributed by atoms with E-state index < -0.39 is 0 Å². The van der Waals surface area contributed by atoms with E-state index in [9.17, 15) is 4.79 Å². The fraction of sp³-hybridized carbons (Fsp3) is 0.750. The van der Waals surface area contributed by atoms with Crippen molar-refractivity contribution in [3.63, 3.8) is 0 Å². The van der Waals surface area contributed by atoms with Gasteiger partial charge in [0.1, 0.15) is 0 Å². The van der Waals surface area contributed by atoms with Gasteiger partial charge in [0.05, 0.1) is 0 Å². The molecule has 3 heteroatoms. The maximum Gasteiger partial charge on any atom is 0.246 e. The van der Waals surface area contributed by atoms with E-state index >= 15 is 0 Å². The van der Waals surface area contributed by atoms with Gasteiger partial charge in [0.25, 0.3) is 0 Å². The number of hydrogen-bond donors (Lipinski definition) is 0. The van der Waals surface area contributed by atoms with Crippen molar-refractivity contribution >= 4 is 5.91 Å². The number of likely N-dealkylation sites (N-methyl/N-ethyl adjacent to an activating group) is 1. The molecule has 1 rings (SSSR count). The molecule has 0 spiro atoms. The molecule has 0 radical (unpaired) electrons. The van der Waals surface area contributed by atoms with Crippen LogP contribution >= 0.6 is 0 Å². The molecule has 0 aromatic rings. The molecule has 15 heavy (non-hydrogen) atoms. The van der Waals surface area contributed by atoms with Gasteiger partial charge in [0.2, 0.25) is 5.91 Å². The molecule has 1 saturated heterocycles. The van der Waals surface area contributed by atoms with Crippen LogP contribution in [0.25, 0.3) is 0 Å². The number of amides is 1. The summed E-state index contributed by atoms with van der Waals surface area (Å²) in [4.78, 5) is 15.7. The van der Waals surface area contributed by atoms with Gasteiger partial charge in [-0.3, -0.25) is 4.79 Å². The summed E-state index contributed by atoms with van der Waals surface area (Å²) >= 11 is 0. The van der Waals surface area contributed by atoms with Crippen molar-refractivity contribution in [2.75, 3.05) is 33.7 Å². The molecular formula is C12H22N2O. The van der Waals surface area contributed by atoms with Gasteiger partial charge in [-0.2, -0.15) is 0 Å². The summed E-state index contributed by atoms with van der Waals surface area (Å²) in [6.07, 6.45) is 6.04. The van der Waals surface area contributed by atoms with Crippen LogP contribution in [0, 0.1) is 5.92 Å². The first kappa shape index (κ1) is 12.2. The van der Waals surface area contributed by atoms with Crippen LogP contribution in [0.5, 0.6) is 0 Å². The third kappa shape index (κ3) is 4.47. The molecule has 1 aliphatic rings. The predicted octanol–water partition coefficient (Wildman–Crippen LogP) is 1.36. The highest BCUT2D eigenvalue weighted by Gasteiger charge is 2.18. The molecule has 0 aromatic carbocycles. The van der Waals surface area contributed by atoms with E-state index in [2.05, 4.69) is 6.92 Å². The summed E-state index contributed by atoms with van der Waals surface area (Å²) in [7, 11) is 4.00. The summed E-state index contributed by atoms with van der Waals surface area (Å²) in [6.45, 7) is 4.89. The van der Waals surface area contributed by atoms with Crippen LogP contribution in [-0.2, 0) is 4.79 Å². The zero-order valence-corrected chi connectivity index (χ0v) is 10.1. The van der Waals surface area contributed by atoms with E-state index in [1.54, 1.807) is 6.08 Å². The minimum absolute atomic E-state index is 0.170. The SMILES string of the molecule is C[C@@H]1CCCN(C(=O)/C=C/CN(C)C)C1. The third-order valence-corrected chi connectivity index (χ3v) is 2.70. The van der Waals surface area contributed by atoms with Gasteiger partial charge in [0, 0.05) is 25.7 Å². The lowest BCUT2D eigenvalue weighted by Gasteiger charge is -2.30. The van der Waals surface area contributed by atoms with E-state index in [-0.39, 0.29) is 5.91 Å². The predicted molar refractivity (Wildman–Crippen MR) is 62.7 cm³/mol. The van der Waals surface area contributed by atoms with Gasteiger partial charge in [-0.15, -0.1) is 0 Å². The molecule has 1 amide bonds. The Balaban J connectivity index is 2.35. The lowest BCUT2D eigenvalue weighted by Crippen LogP contribution is -2.38. The quantitative estimate of drug-likeness (QED) is 0.657. The van der Waals surface area contributed by atoms with Crippen LogP contribution in [0.3, 0.4) is 0 Å². The lowest BCUT2D eigenvalue weighted by molar-refractivity contribution is -0.127. The average molecular weight is 210 g/mol. The molecule has 0 bridgehead atoms. The van der Waals surface area contributed by atoms with Crippen LogP contribution in [0.1, 0.15) is 19.8 Å². The number of piperidine rings is 1. The second-order valence-corrected chi connectivity index (χ2v) is 4.70. The number of hydrogen-bond acceptors (Lipinski definition) is 2. The third-order valence-electron chi connectivity index (χ3n) is 2.70. The summed E-state index contributed by atoms with van der Waals surface area (Å²) in [5.41, 5.74) is 0. The Labute approximate surface area is 92.7 Å². The Kier molecular flexibility index (Phi) is 4.82. The summed E-state index contributed by atoms with van der Waals surface area (Å²) < 4.78 is 0. The smallest absolute Gasteiger partial charge is 0.246 e. The molecule has 3 nitrogen and oxygen atoms in total. The standard InChI is InChI=1S/C12H22N2O/c1-11-6-4-9-14(10-11)12(15)7-5-8-13(2)3/h5,7,11H,4,6,8-10H2,1-3H3/b7-5+/t11-/m1/s1. The maximum absolute atomic E-state index is 11.7. The summed E-state index contributed by atoms with van der Waals surface area (Å²) in [5, 5.41) is 0. The highest BCUT2D eigenvalue weighted by molar-refractivity contribution is 5.87. The van der Waals surface area contributed by atoms with E-state index in [0.29, 0.717) is 5.92 Å². The number of likely N-dealkylation sites (tertiary alicyclic amines) is 1. The van der Waals surface area contributed by atoms with Crippen molar-refractivity contribution in [2.45, 2.75) is 19.8 Å². The fourth-order valence-electron chi connectivity index (χ4n) is 1.86. The Morgan fingerprint density at radius 2 is 2.27 bits per heavy atom.